The van der Waals surface area contributed by atoms with Gasteiger partial charge in [-0.25, -0.2) is 9.67 Å². The van der Waals surface area contributed by atoms with E-state index in [0.717, 1.165) is 16.8 Å². The lowest BCUT2D eigenvalue weighted by molar-refractivity contribution is 0.0901. The second-order valence-electron chi connectivity index (χ2n) is 10.4. The first-order valence-electron chi connectivity index (χ1n) is 13.6. The molecule has 0 unspecified atom stereocenters. The molecule has 0 aliphatic carbocycles. The largest absolute Gasteiger partial charge is 0.394 e. The van der Waals surface area contributed by atoms with Crippen LogP contribution in [0.15, 0.2) is 79.4 Å². The first-order chi connectivity index (χ1) is 19.8. The Morgan fingerprint density at radius 3 is 2.63 bits per heavy atom. The van der Waals surface area contributed by atoms with E-state index in [4.69, 9.17) is 4.98 Å². The van der Waals surface area contributed by atoms with Crippen LogP contribution in [0.4, 0.5) is 0 Å². The van der Waals surface area contributed by atoms with Crippen molar-refractivity contribution in [1.82, 2.24) is 34.8 Å². The summed E-state index contributed by atoms with van der Waals surface area (Å²) < 4.78 is 3.38. The Morgan fingerprint density at radius 2 is 1.90 bits per heavy atom. The number of benzene rings is 1. The van der Waals surface area contributed by atoms with Crippen LogP contribution in [-0.4, -0.2) is 53.7 Å². The van der Waals surface area contributed by atoms with Gasteiger partial charge in [-0.2, -0.15) is 5.10 Å². The number of fused-ring (bicyclic) bond motifs is 1. The second-order valence-corrected chi connectivity index (χ2v) is 10.4. The third kappa shape index (κ3) is 6.17. The Balaban J connectivity index is 1.44. The van der Waals surface area contributed by atoms with Crippen molar-refractivity contribution in [3.63, 3.8) is 0 Å². The summed E-state index contributed by atoms with van der Waals surface area (Å²) in [5.41, 5.74) is 4.65. The van der Waals surface area contributed by atoms with E-state index in [9.17, 15) is 14.7 Å². The molecule has 4 aromatic heterocycles. The fourth-order valence-electron chi connectivity index (χ4n) is 4.79. The highest BCUT2D eigenvalue weighted by Crippen LogP contribution is 2.25. The van der Waals surface area contributed by atoms with Crippen molar-refractivity contribution in [2.45, 2.75) is 39.8 Å². The molecule has 0 saturated carbocycles. The van der Waals surface area contributed by atoms with Gasteiger partial charge in [0.1, 0.15) is 11.4 Å². The van der Waals surface area contributed by atoms with Gasteiger partial charge in [0.05, 0.1) is 35.8 Å². The third-order valence-electron chi connectivity index (χ3n) is 6.68. The maximum atomic E-state index is 13.6. The van der Waals surface area contributed by atoms with E-state index in [-0.39, 0.29) is 30.7 Å². The monoisotopic (exact) mass is 551 g/mol. The molecular formula is C31H33N7O3. The van der Waals surface area contributed by atoms with Crippen molar-refractivity contribution in [2.75, 3.05) is 6.61 Å². The minimum Gasteiger partial charge on any atom is -0.394 e. The third-order valence-corrected chi connectivity index (χ3v) is 6.68. The van der Waals surface area contributed by atoms with E-state index in [1.807, 2.05) is 57.3 Å². The second kappa shape index (κ2) is 12.1. The number of aliphatic hydroxyl groups is 1. The number of nitrogens with zero attached hydrogens (tertiary/aromatic N) is 5. The predicted molar refractivity (Wildman–Crippen MR) is 156 cm³/mol. The summed E-state index contributed by atoms with van der Waals surface area (Å²) >= 11 is 0. The minimum atomic E-state index is -0.420. The van der Waals surface area contributed by atoms with Gasteiger partial charge in [-0.15, -0.1) is 0 Å². The van der Waals surface area contributed by atoms with Crippen LogP contribution in [0.5, 0.6) is 0 Å². The molecule has 0 radical (unpaired) electrons. The van der Waals surface area contributed by atoms with Crippen LogP contribution < -0.4 is 10.6 Å². The van der Waals surface area contributed by atoms with Crippen LogP contribution in [0, 0.1) is 12.8 Å². The Hall–Kier alpha value is -4.83. The Kier molecular flexibility index (Phi) is 8.21. The lowest BCUT2D eigenvalue weighted by Crippen LogP contribution is -2.39. The van der Waals surface area contributed by atoms with E-state index >= 15 is 0 Å². The first kappa shape index (κ1) is 27.7. The molecule has 5 rings (SSSR count). The molecule has 0 saturated heterocycles. The molecule has 10 nitrogen and oxygen atoms in total. The molecule has 0 spiro atoms. The molecule has 1 aromatic carbocycles. The topological polar surface area (TPSA) is 126 Å². The zero-order valence-corrected chi connectivity index (χ0v) is 23.3. The first-order valence-corrected chi connectivity index (χ1v) is 13.6. The maximum Gasteiger partial charge on any atom is 0.270 e. The van der Waals surface area contributed by atoms with E-state index in [1.54, 1.807) is 51.9 Å². The van der Waals surface area contributed by atoms with Crippen LogP contribution in [-0.2, 0) is 6.54 Å². The number of aromatic nitrogens is 5. The molecule has 0 aliphatic heterocycles. The van der Waals surface area contributed by atoms with Crippen LogP contribution in [0.2, 0.25) is 0 Å². The van der Waals surface area contributed by atoms with Gasteiger partial charge in [-0.1, -0.05) is 32.0 Å². The zero-order chi connectivity index (χ0) is 28.9. The summed E-state index contributed by atoms with van der Waals surface area (Å²) in [4.78, 5) is 36.1. The van der Waals surface area contributed by atoms with E-state index < -0.39 is 11.9 Å². The van der Waals surface area contributed by atoms with Crippen molar-refractivity contribution in [2.24, 2.45) is 5.92 Å². The van der Waals surface area contributed by atoms with Crippen LogP contribution >= 0.6 is 0 Å². The summed E-state index contributed by atoms with van der Waals surface area (Å²) in [6.45, 7) is 6.16. The molecule has 41 heavy (non-hydrogen) atoms. The van der Waals surface area contributed by atoms with Gasteiger partial charge in [0.2, 0.25) is 0 Å². The van der Waals surface area contributed by atoms with Gasteiger partial charge in [-0.3, -0.25) is 19.0 Å². The number of carbonyl (C=O) groups excluding carboxylic acids is 2. The number of nitrogens with one attached hydrogen (secondary N) is 2. The van der Waals surface area contributed by atoms with Gasteiger partial charge in [0, 0.05) is 30.7 Å². The fourth-order valence-corrected chi connectivity index (χ4v) is 4.79. The maximum absolute atomic E-state index is 13.6. The van der Waals surface area contributed by atoms with Crippen molar-refractivity contribution >= 4 is 17.5 Å². The van der Waals surface area contributed by atoms with E-state index in [1.165, 1.54) is 0 Å². The van der Waals surface area contributed by atoms with Gasteiger partial charge >= 0.3 is 0 Å². The van der Waals surface area contributed by atoms with Gasteiger partial charge in [0.25, 0.3) is 11.8 Å². The highest BCUT2D eigenvalue weighted by molar-refractivity contribution is 6.04. The summed E-state index contributed by atoms with van der Waals surface area (Å²) in [6, 6.07) is 16.3. The number of pyridine rings is 2. The number of imidazole rings is 1. The number of amides is 2. The fraction of sp³-hybridized carbons (Fsp3) is 0.258. The molecular weight excluding hydrogens is 518 g/mol. The standard InChI is InChI=1S/C31H33N7O3/c1-20(2)14-23(19-39)35-31(41)28-27(26-11-4-5-12-32-26)36-29-25(10-7-13-37(28)29)30(40)33-16-22-17-34-38(18-22)24-9-6-8-21(3)15-24/h4-13,15,17-18,20,23,39H,14,16,19H2,1-3H3,(H,33,40)(H,35,41)/t23-/m0/s1. The summed E-state index contributed by atoms with van der Waals surface area (Å²) in [5, 5.41) is 20.2. The lowest BCUT2D eigenvalue weighted by atomic mass is 10.0. The number of carbonyl (C=O) groups is 2. The molecule has 10 heteroatoms. The summed E-state index contributed by atoms with van der Waals surface area (Å²) in [6.07, 6.45) is 7.53. The van der Waals surface area contributed by atoms with Crippen LogP contribution in [0.25, 0.3) is 22.7 Å². The Bertz CT molecular complexity index is 1670. The molecule has 4 heterocycles. The quantitative estimate of drug-likeness (QED) is 0.241. The normalized spacial score (nSPS) is 12.0. The molecule has 3 N–H and O–H groups in total. The zero-order valence-electron chi connectivity index (χ0n) is 23.3. The molecule has 210 valence electrons. The number of hydrogen-bond acceptors (Lipinski definition) is 6. The van der Waals surface area contributed by atoms with Crippen molar-refractivity contribution in [3.8, 4) is 17.1 Å². The number of aryl methyl sites for hydroxylation is 1. The molecule has 0 fully saturated rings. The smallest absolute Gasteiger partial charge is 0.270 e. The number of aliphatic hydroxyl groups excluding tert-OH is 1. The van der Waals surface area contributed by atoms with E-state index in [0.29, 0.717) is 29.0 Å². The number of hydrogen-bond donors (Lipinski definition) is 3. The summed E-state index contributed by atoms with van der Waals surface area (Å²) in [7, 11) is 0. The average Bonchev–Trinajstić information content (AvgIpc) is 3.61. The molecule has 5 aromatic rings. The highest BCUT2D eigenvalue weighted by atomic mass is 16.3. The predicted octanol–water partition coefficient (Wildman–Crippen LogP) is 3.96. The number of rotatable bonds is 10. The van der Waals surface area contributed by atoms with Crippen molar-refractivity contribution in [3.05, 3.63) is 102 Å². The van der Waals surface area contributed by atoms with Gasteiger partial charge in [0.15, 0.2) is 5.65 Å². The molecule has 0 aliphatic rings. The van der Waals surface area contributed by atoms with Crippen molar-refractivity contribution < 1.29 is 14.7 Å². The SMILES string of the molecule is Cc1cccc(-n2cc(CNC(=O)c3cccn4c(C(=O)N[C@H](CO)CC(C)C)c(-c5ccccn5)nc34)cn2)c1. The Morgan fingerprint density at radius 1 is 1.05 bits per heavy atom. The molecule has 2 amide bonds. The minimum absolute atomic E-state index is 0.187. The van der Waals surface area contributed by atoms with Crippen LogP contribution in [0.3, 0.4) is 0 Å². The molecule has 0 bridgehead atoms. The van der Waals surface area contributed by atoms with Gasteiger partial charge < -0.3 is 15.7 Å². The van der Waals surface area contributed by atoms with E-state index in [2.05, 4.69) is 20.7 Å². The molecule has 1 atom stereocenters. The van der Waals surface area contributed by atoms with Gasteiger partial charge in [-0.05, 0) is 61.2 Å². The van der Waals surface area contributed by atoms with Crippen LogP contribution in [0.1, 0.15) is 52.2 Å². The average molecular weight is 552 g/mol. The summed E-state index contributed by atoms with van der Waals surface area (Å²) in [5.74, 6) is -0.459. The Labute approximate surface area is 238 Å². The van der Waals surface area contributed by atoms with Crippen molar-refractivity contribution in [1.29, 1.82) is 0 Å². The lowest BCUT2D eigenvalue weighted by Gasteiger charge is -2.18. The highest BCUT2D eigenvalue weighted by Gasteiger charge is 2.26.